The number of nitrogens with one attached hydrogen (secondary N) is 1. The van der Waals surface area contributed by atoms with Gasteiger partial charge in [0.05, 0.1) is 31.5 Å². The maximum absolute atomic E-state index is 12.8. The Bertz CT molecular complexity index is 1110. The Balaban J connectivity index is 1.37. The molecule has 1 atom stereocenters. The third-order valence-corrected chi connectivity index (χ3v) is 5.79. The van der Waals surface area contributed by atoms with Crippen LogP contribution in [0.2, 0.25) is 0 Å². The van der Waals surface area contributed by atoms with Gasteiger partial charge < -0.3 is 15.0 Å². The molecule has 0 radical (unpaired) electrons. The number of ether oxygens (including phenoxy) is 1. The molecule has 1 saturated heterocycles. The number of hydrogen-bond donors (Lipinski definition) is 1. The number of amides is 1. The maximum atomic E-state index is 12.8. The zero-order chi connectivity index (χ0) is 22.3. The Morgan fingerprint density at radius 1 is 1.12 bits per heavy atom. The van der Waals surface area contributed by atoms with Gasteiger partial charge >= 0.3 is 0 Å². The summed E-state index contributed by atoms with van der Waals surface area (Å²) in [5.41, 5.74) is 2.65. The van der Waals surface area contributed by atoms with Crippen LogP contribution in [0.25, 0.3) is 0 Å². The molecule has 1 unspecified atom stereocenters. The van der Waals surface area contributed by atoms with E-state index in [1.54, 1.807) is 19.4 Å². The highest BCUT2D eigenvalue weighted by atomic mass is 16.5. The normalized spacial score (nSPS) is 15.9. The average Bonchev–Trinajstić information content (AvgIpc) is 2.84. The first kappa shape index (κ1) is 21.6. The summed E-state index contributed by atoms with van der Waals surface area (Å²) >= 11 is 0. The number of anilines is 1. The summed E-state index contributed by atoms with van der Waals surface area (Å²) in [4.78, 5) is 27.5. The molecule has 166 valence electrons. The van der Waals surface area contributed by atoms with Crippen LogP contribution in [0.5, 0.6) is 5.75 Å². The first-order chi connectivity index (χ1) is 15.6. The summed E-state index contributed by atoms with van der Waals surface area (Å²) in [5.74, 6) is 0.680. The van der Waals surface area contributed by atoms with Crippen molar-refractivity contribution in [3.8, 4) is 5.75 Å². The first-order valence-electron chi connectivity index (χ1n) is 10.9. The Morgan fingerprint density at radius 2 is 1.94 bits per heavy atom. The number of rotatable bonds is 7. The fraction of sp³-hybridized carbons (Fsp3) is 0.320. The van der Waals surface area contributed by atoms with E-state index in [2.05, 4.69) is 15.3 Å². The molecule has 1 aliphatic heterocycles. The standard InChI is InChI=1S/C25H28N4O3/c1-32-23-11-5-9-20(13-23)15-26-25(31)21-10-6-12-28(18-21)22-14-24(30)29(27-16-22)17-19-7-3-2-4-8-19/h2-5,7-9,11,13-14,16,21H,6,10,12,15,17-18H2,1H3,(H,26,31). The van der Waals surface area contributed by atoms with Gasteiger partial charge in [-0.1, -0.05) is 42.5 Å². The van der Waals surface area contributed by atoms with E-state index in [0.29, 0.717) is 19.6 Å². The molecule has 2 heterocycles. The van der Waals surface area contributed by atoms with Crippen LogP contribution in [0, 0.1) is 5.92 Å². The first-order valence-corrected chi connectivity index (χ1v) is 10.9. The minimum absolute atomic E-state index is 0.0305. The van der Waals surface area contributed by atoms with Crippen LogP contribution < -0.4 is 20.5 Å². The van der Waals surface area contributed by atoms with Crippen molar-refractivity contribution in [2.24, 2.45) is 5.92 Å². The van der Waals surface area contributed by atoms with Gasteiger partial charge in [0.15, 0.2) is 0 Å². The van der Waals surface area contributed by atoms with Gasteiger partial charge in [-0.25, -0.2) is 4.68 Å². The molecule has 4 rings (SSSR count). The van der Waals surface area contributed by atoms with E-state index < -0.39 is 0 Å². The van der Waals surface area contributed by atoms with Gasteiger partial charge in [0.1, 0.15) is 5.75 Å². The number of methoxy groups -OCH3 is 1. The van der Waals surface area contributed by atoms with Crippen molar-refractivity contribution in [2.45, 2.75) is 25.9 Å². The number of aromatic nitrogens is 2. The molecule has 1 aliphatic rings. The maximum Gasteiger partial charge on any atom is 0.269 e. The minimum Gasteiger partial charge on any atom is -0.497 e. The Hall–Kier alpha value is -3.61. The van der Waals surface area contributed by atoms with E-state index >= 15 is 0 Å². The Labute approximate surface area is 187 Å². The number of carbonyl (C=O) groups excluding carboxylic acids is 1. The number of nitrogens with zero attached hydrogens (tertiary/aromatic N) is 3. The molecule has 0 spiro atoms. The van der Waals surface area contributed by atoms with Gasteiger partial charge in [0, 0.05) is 25.7 Å². The van der Waals surface area contributed by atoms with Crippen molar-refractivity contribution >= 4 is 11.6 Å². The molecule has 7 nitrogen and oxygen atoms in total. The predicted octanol–water partition coefficient (Wildman–Crippen LogP) is 2.83. The van der Waals surface area contributed by atoms with Gasteiger partial charge in [-0.05, 0) is 36.1 Å². The zero-order valence-electron chi connectivity index (χ0n) is 18.2. The van der Waals surface area contributed by atoms with Crippen LogP contribution in [0.15, 0.2) is 71.7 Å². The largest absolute Gasteiger partial charge is 0.497 e. The number of hydrogen-bond acceptors (Lipinski definition) is 5. The molecule has 7 heteroatoms. The lowest BCUT2D eigenvalue weighted by Crippen LogP contribution is -2.43. The van der Waals surface area contributed by atoms with Crippen LogP contribution in [0.1, 0.15) is 24.0 Å². The van der Waals surface area contributed by atoms with Crippen molar-refractivity contribution in [3.05, 3.63) is 88.3 Å². The van der Waals surface area contributed by atoms with Crippen LogP contribution >= 0.6 is 0 Å². The second kappa shape index (κ2) is 10.1. The molecule has 1 fully saturated rings. The quantitative estimate of drug-likeness (QED) is 0.621. The monoisotopic (exact) mass is 432 g/mol. The fourth-order valence-corrected chi connectivity index (χ4v) is 4.01. The van der Waals surface area contributed by atoms with E-state index in [0.717, 1.165) is 42.0 Å². The molecule has 3 aromatic rings. The van der Waals surface area contributed by atoms with Crippen LogP contribution in [-0.2, 0) is 17.9 Å². The molecule has 32 heavy (non-hydrogen) atoms. The molecule has 0 saturated carbocycles. The summed E-state index contributed by atoms with van der Waals surface area (Å²) in [7, 11) is 1.63. The molecule has 1 amide bonds. The SMILES string of the molecule is COc1cccc(CNC(=O)C2CCCN(c3cnn(Cc4ccccc4)c(=O)c3)C2)c1. The number of piperidine rings is 1. The van der Waals surface area contributed by atoms with Crippen molar-refractivity contribution in [3.63, 3.8) is 0 Å². The van der Waals surface area contributed by atoms with Crippen LogP contribution in [-0.4, -0.2) is 35.9 Å². The minimum atomic E-state index is -0.143. The zero-order valence-corrected chi connectivity index (χ0v) is 18.2. The lowest BCUT2D eigenvalue weighted by molar-refractivity contribution is -0.125. The van der Waals surface area contributed by atoms with Crippen molar-refractivity contribution < 1.29 is 9.53 Å². The summed E-state index contributed by atoms with van der Waals surface area (Å²) in [6.45, 7) is 2.29. The van der Waals surface area contributed by atoms with Crippen LogP contribution in [0.3, 0.4) is 0 Å². The van der Waals surface area contributed by atoms with Gasteiger partial charge in [-0.3, -0.25) is 9.59 Å². The summed E-state index contributed by atoms with van der Waals surface area (Å²) in [6.07, 6.45) is 3.45. The Morgan fingerprint density at radius 3 is 2.72 bits per heavy atom. The summed E-state index contributed by atoms with van der Waals surface area (Å²) in [6, 6.07) is 19.1. The third kappa shape index (κ3) is 5.35. The van der Waals surface area contributed by atoms with Crippen molar-refractivity contribution in [2.75, 3.05) is 25.1 Å². The third-order valence-electron chi connectivity index (χ3n) is 5.79. The molecule has 2 aromatic carbocycles. The van der Waals surface area contributed by atoms with E-state index in [1.807, 2.05) is 54.6 Å². The number of benzene rings is 2. The highest BCUT2D eigenvalue weighted by Gasteiger charge is 2.26. The molecular formula is C25H28N4O3. The van der Waals surface area contributed by atoms with Gasteiger partial charge in [0.25, 0.3) is 5.56 Å². The second-order valence-electron chi connectivity index (χ2n) is 8.05. The molecule has 1 aromatic heterocycles. The van der Waals surface area contributed by atoms with Crippen molar-refractivity contribution in [1.29, 1.82) is 0 Å². The summed E-state index contributed by atoms with van der Waals surface area (Å²) < 4.78 is 6.70. The van der Waals surface area contributed by atoms with Crippen molar-refractivity contribution in [1.82, 2.24) is 15.1 Å². The fourth-order valence-electron chi connectivity index (χ4n) is 4.01. The highest BCUT2D eigenvalue weighted by Crippen LogP contribution is 2.22. The highest BCUT2D eigenvalue weighted by molar-refractivity contribution is 5.79. The topological polar surface area (TPSA) is 76.5 Å². The van der Waals surface area contributed by atoms with E-state index in [9.17, 15) is 9.59 Å². The smallest absolute Gasteiger partial charge is 0.269 e. The molecule has 1 N–H and O–H groups in total. The number of carbonyl (C=O) groups is 1. The van der Waals surface area contributed by atoms with E-state index in [-0.39, 0.29) is 17.4 Å². The molecule has 0 bridgehead atoms. The lowest BCUT2D eigenvalue weighted by atomic mass is 9.96. The van der Waals surface area contributed by atoms with Gasteiger partial charge in [-0.2, -0.15) is 5.10 Å². The molecular weight excluding hydrogens is 404 g/mol. The average molecular weight is 433 g/mol. The van der Waals surface area contributed by atoms with Gasteiger partial charge in [0.2, 0.25) is 5.91 Å². The molecule has 0 aliphatic carbocycles. The summed E-state index contributed by atoms with van der Waals surface area (Å²) in [5, 5.41) is 7.40. The van der Waals surface area contributed by atoms with E-state index in [1.165, 1.54) is 4.68 Å². The van der Waals surface area contributed by atoms with E-state index in [4.69, 9.17) is 4.74 Å². The second-order valence-corrected chi connectivity index (χ2v) is 8.05. The van der Waals surface area contributed by atoms with Gasteiger partial charge in [-0.15, -0.1) is 0 Å². The predicted molar refractivity (Wildman–Crippen MR) is 124 cm³/mol. The Kier molecular flexibility index (Phi) is 6.84. The van der Waals surface area contributed by atoms with Crippen LogP contribution in [0.4, 0.5) is 5.69 Å². The lowest BCUT2D eigenvalue weighted by Gasteiger charge is -2.33.